The average molecular weight is 646 g/mol. The van der Waals surface area contributed by atoms with Crippen molar-refractivity contribution in [2.45, 2.75) is 45.1 Å². The maximum atomic E-state index is 14.4. The van der Waals surface area contributed by atoms with Crippen LogP contribution in [0.4, 0.5) is 13.2 Å². The van der Waals surface area contributed by atoms with Gasteiger partial charge in [0, 0.05) is 43.5 Å². The number of hydrogen-bond donors (Lipinski definition) is 0. The van der Waals surface area contributed by atoms with Crippen LogP contribution in [0.2, 0.25) is 0 Å². The molecular formula is C36H30F3NO7. The van der Waals surface area contributed by atoms with Crippen LogP contribution in [-0.2, 0) is 34.0 Å². The minimum Gasteiger partial charge on any atom is -0.496 e. The SMILES string of the molecule is COc1cc2c(c3c1c(=O)c1c(OC(C)=O)c4ccccc4cc1n3C)CC(OC(=O)C=Cc1cccc(C(F)(F)F)c1)C(C)(C)O2. The first-order chi connectivity index (χ1) is 22.2. The van der Waals surface area contributed by atoms with Crippen molar-refractivity contribution >= 4 is 50.6 Å². The molecule has 0 saturated carbocycles. The number of carbonyl (C=O) groups excluding carboxylic acids is 2. The standard InChI is InChI=1S/C36H30F3NO7/c1-19(41)45-34-23-12-7-6-10-21(23)16-25-30(34)33(43)31-27(44-5)18-26-24(32(31)40(25)4)17-28(35(2,3)47-26)46-29(42)14-13-20-9-8-11-22(15-20)36(37,38)39/h6-16,18,28H,17H2,1-5H3. The monoisotopic (exact) mass is 645 g/mol. The summed E-state index contributed by atoms with van der Waals surface area (Å²) in [7, 11) is 3.21. The van der Waals surface area contributed by atoms with E-state index in [9.17, 15) is 27.6 Å². The van der Waals surface area contributed by atoms with Gasteiger partial charge in [0.05, 0.1) is 34.5 Å². The van der Waals surface area contributed by atoms with E-state index in [1.165, 1.54) is 32.2 Å². The van der Waals surface area contributed by atoms with Gasteiger partial charge in [-0.3, -0.25) is 9.59 Å². The van der Waals surface area contributed by atoms with Gasteiger partial charge in [-0.2, -0.15) is 13.2 Å². The molecule has 0 fully saturated rings. The van der Waals surface area contributed by atoms with Gasteiger partial charge in [-0.1, -0.05) is 36.4 Å². The summed E-state index contributed by atoms with van der Waals surface area (Å²) in [6.45, 7) is 4.77. The van der Waals surface area contributed by atoms with E-state index in [2.05, 4.69) is 0 Å². The molecular weight excluding hydrogens is 615 g/mol. The van der Waals surface area contributed by atoms with Crippen molar-refractivity contribution in [2.75, 3.05) is 7.11 Å². The Hall–Kier alpha value is -5.32. The Labute approximate surface area is 266 Å². The molecule has 4 aromatic carbocycles. The molecule has 11 heteroatoms. The lowest BCUT2D eigenvalue weighted by Gasteiger charge is -2.39. The van der Waals surface area contributed by atoms with Gasteiger partial charge in [0.2, 0.25) is 5.43 Å². The molecule has 0 bridgehead atoms. The maximum Gasteiger partial charge on any atom is 0.416 e. The minimum atomic E-state index is -4.52. The van der Waals surface area contributed by atoms with Crippen LogP contribution in [0, 0.1) is 0 Å². The maximum absolute atomic E-state index is 14.4. The van der Waals surface area contributed by atoms with E-state index in [1.807, 2.05) is 18.2 Å². The summed E-state index contributed by atoms with van der Waals surface area (Å²) < 4.78 is 64.7. The lowest BCUT2D eigenvalue weighted by molar-refractivity contribution is -0.155. The second-order valence-electron chi connectivity index (χ2n) is 11.9. The Kier molecular flexibility index (Phi) is 7.73. The van der Waals surface area contributed by atoms with Gasteiger partial charge in [0.15, 0.2) is 5.75 Å². The van der Waals surface area contributed by atoms with Crippen LogP contribution in [0.1, 0.15) is 37.5 Å². The Bertz CT molecular complexity index is 2200. The number of halogens is 3. The molecule has 0 N–H and O–H groups in total. The molecule has 47 heavy (non-hydrogen) atoms. The zero-order valence-electron chi connectivity index (χ0n) is 26.2. The van der Waals surface area contributed by atoms with Crippen LogP contribution >= 0.6 is 0 Å². The number of hydrogen-bond acceptors (Lipinski definition) is 7. The summed E-state index contributed by atoms with van der Waals surface area (Å²) in [5.74, 6) is -0.531. The van der Waals surface area contributed by atoms with E-state index >= 15 is 0 Å². The third-order valence-electron chi connectivity index (χ3n) is 8.35. The second kappa shape index (κ2) is 11.5. The molecule has 0 spiro atoms. The predicted molar refractivity (Wildman–Crippen MR) is 171 cm³/mol. The molecule has 242 valence electrons. The third-order valence-corrected chi connectivity index (χ3v) is 8.35. The van der Waals surface area contributed by atoms with Crippen molar-refractivity contribution in [2.24, 2.45) is 7.05 Å². The summed E-state index contributed by atoms with van der Waals surface area (Å²) >= 11 is 0. The molecule has 0 amide bonds. The molecule has 0 aliphatic carbocycles. The summed E-state index contributed by atoms with van der Waals surface area (Å²) in [6.07, 6.45) is -2.90. The highest BCUT2D eigenvalue weighted by Gasteiger charge is 2.41. The summed E-state index contributed by atoms with van der Waals surface area (Å²) in [4.78, 5) is 39.5. The lowest BCUT2D eigenvalue weighted by Crippen LogP contribution is -2.48. The number of aromatic nitrogens is 1. The topological polar surface area (TPSA) is 93.1 Å². The molecule has 0 saturated heterocycles. The molecule has 0 radical (unpaired) electrons. The first kappa shape index (κ1) is 31.7. The van der Waals surface area contributed by atoms with Gasteiger partial charge in [-0.05, 0) is 49.1 Å². The number of pyridine rings is 1. The van der Waals surface area contributed by atoms with E-state index in [1.54, 1.807) is 43.7 Å². The predicted octanol–water partition coefficient (Wildman–Crippen LogP) is 7.14. The smallest absolute Gasteiger partial charge is 0.416 e. The fraction of sp³-hybridized carbons (Fsp3) is 0.250. The number of methoxy groups -OCH3 is 1. The second-order valence-corrected chi connectivity index (χ2v) is 11.9. The average Bonchev–Trinajstić information content (AvgIpc) is 3.01. The van der Waals surface area contributed by atoms with E-state index < -0.39 is 40.8 Å². The molecule has 6 rings (SSSR count). The van der Waals surface area contributed by atoms with Crippen LogP contribution in [0.15, 0.2) is 71.5 Å². The molecule has 1 aliphatic heterocycles. The zero-order chi connectivity index (χ0) is 33.8. The van der Waals surface area contributed by atoms with Crippen LogP contribution in [0.25, 0.3) is 38.7 Å². The number of rotatable bonds is 5. The summed E-state index contributed by atoms with van der Waals surface area (Å²) in [5.41, 5.74) is -0.533. The van der Waals surface area contributed by atoms with Crippen molar-refractivity contribution in [1.82, 2.24) is 4.57 Å². The van der Waals surface area contributed by atoms with Crippen LogP contribution in [-0.4, -0.2) is 35.3 Å². The molecule has 1 atom stereocenters. The molecule has 1 aliphatic rings. The highest BCUT2D eigenvalue weighted by atomic mass is 19.4. The zero-order valence-corrected chi connectivity index (χ0v) is 26.2. The number of aryl methyl sites for hydroxylation is 1. The number of nitrogens with zero attached hydrogens (tertiary/aromatic N) is 1. The Balaban J connectivity index is 1.47. The van der Waals surface area contributed by atoms with Gasteiger partial charge < -0.3 is 23.5 Å². The first-order valence-corrected chi connectivity index (χ1v) is 14.7. The highest BCUT2D eigenvalue weighted by Crippen LogP contribution is 2.44. The number of esters is 2. The largest absolute Gasteiger partial charge is 0.496 e. The number of carbonyl (C=O) groups is 2. The molecule has 1 unspecified atom stereocenters. The normalized spacial score (nSPS) is 15.9. The van der Waals surface area contributed by atoms with Gasteiger partial charge in [-0.25, -0.2) is 4.79 Å². The number of benzene rings is 4. The fourth-order valence-electron chi connectivity index (χ4n) is 6.11. The first-order valence-electron chi connectivity index (χ1n) is 14.7. The van der Waals surface area contributed by atoms with Gasteiger partial charge in [0.25, 0.3) is 0 Å². The lowest BCUT2D eigenvalue weighted by atomic mass is 9.88. The molecule has 5 aromatic rings. The Morgan fingerprint density at radius 1 is 1.04 bits per heavy atom. The van der Waals surface area contributed by atoms with E-state index in [0.717, 1.165) is 23.6 Å². The van der Waals surface area contributed by atoms with Crippen LogP contribution < -0.4 is 19.6 Å². The van der Waals surface area contributed by atoms with E-state index in [-0.39, 0.29) is 34.3 Å². The molecule has 8 nitrogen and oxygen atoms in total. The fourth-order valence-corrected chi connectivity index (χ4v) is 6.11. The van der Waals surface area contributed by atoms with Crippen molar-refractivity contribution in [1.29, 1.82) is 0 Å². The quantitative estimate of drug-likeness (QED) is 0.0869. The molecule has 1 aromatic heterocycles. The number of ether oxygens (including phenoxy) is 4. The number of fused-ring (bicyclic) bond motifs is 5. The summed E-state index contributed by atoms with van der Waals surface area (Å²) in [6, 6.07) is 15.3. The Morgan fingerprint density at radius 3 is 2.49 bits per heavy atom. The Morgan fingerprint density at radius 2 is 1.79 bits per heavy atom. The van der Waals surface area contributed by atoms with E-state index in [0.29, 0.717) is 27.7 Å². The van der Waals surface area contributed by atoms with E-state index in [4.69, 9.17) is 18.9 Å². The van der Waals surface area contributed by atoms with Crippen LogP contribution in [0.5, 0.6) is 17.2 Å². The van der Waals surface area contributed by atoms with Crippen LogP contribution in [0.3, 0.4) is 0 Å². The van der Waals surface area contributed by atoms with Crippen molar-refractivity contribution < 1.29 is 41.7 Å². The minimum absolute atomic E-state index is 0.143. The van der Waals surface area contributed by atoms with Crippen molar-refractivity contribution in [3.63, 3.8) is 0 Å². The third kappa shape index (κ3) is 5.66. The van der Waals surface area contributed by atoms with Crippen molar-refractivity contribution in [3.05, 3.63) is 93.7 Å². The van der Waals surface area contributed by atoms with Crippen molar-refractivity contribution in [3.8, 4) is 17.2 Å². The van der Waals surface area contributed by atoms with Gasteiger partial charge in [0.1, 0.15) is 23.2 Å². The highest BCUT2D eigenvalue weighted by molar-refractivity contribution is 6.10. The van der Waals surface area contributed by atoms with Gasteiger partial charge in [-0.15, -0.1) is 0 Å². The summed E-state index contributed by atoms with van der Waals surface area (Å²) in [5, 5.41) is 1.77. The molecule has 2 heterocycles. The number of alkyl halides is 3. The van der Waals surface area contributed by atoms with Gasteiger partial charge >= 0.3 is 18.1 Å².